The number of benzene rings is 7. The average molecular weight is 669 g/mol. The van der Waals surface area contributed by atoms with Crippen LogP contribution >= 0.6 is 0 Å². The molecule has 0 aromatic heterocycles. The molecule has 7 aromatic carbocycles. The standard InChI is InChI=1S/C48H36N4/c1-48(2)44-26-33(30-49)18-24-40(44)41-25-23-39(29-45(41)48)43-28-38-17-11-10-16-37(38)27-42(43)34-19-21-36(22-20-34)47(51-31-32-12-6-4-7-13-32)52-46(50-3)35-14-8-5-9-15-35/h4-29H,3,31H2,1-2H3. The molecule has 0 amide bonds. The molecule has 0 bridgehead atoms. The van der Waals surface area contributed by atoms with E-state index in [1.165, 1.54) is 33.0 Å². The molecule has 0 radical (unpaired) electrons. The lowest BCUT2D eigenvalue weighted by Crippen LogP contribution is -2.15. The van der Waals surface area contributed by atoms with E-state index in [-0.39, 0.29) is 5.41 Å². The van der Waals surface area contributed by atoms with Crippen molar-refractivity contribution in [3.8, 4) is 39.4 Å². The zero-order chi connectivity index (χ0) is 35.7. The Bertz CT molecular complexity index is 2570. The normalized spacial score (nSPS) is 13.3. The van der Waals surface area contributed by atoms with Crippen molar-refractivity contribution in [3.05, 3.63) is 191 Å². The molecule has 0 aliphatic heterocycles. The van der Waals surface area contributed by atoms with Crippen LogP contribution in [0.3, 0.4) is 0 Å². The van der Waals surface area contributed by atoms with Crippen molar-refractivity contribution < 1.29 is 0 Å². The van der Waals surface area contributed by atoms with Crippen LogP contribution in [0, 0.1) is 11.3 Å². The van der Waals surface area contributed by atoms with E-state index in [1.807, 2.05) is 60.7 Å². The van der Waals surface area contributed by atoms with Crippen molar-refractivity contribution in [2.24, 2.45) is 15.0 Å². The van der Waals surface area contributed by atoms with E-state index in [1.54, 1.807) is 0 Å². The molecule has 4 heteroatoms. The topological polar surface area (TPSA) is 60.9 Å². The van der Waals surface area contributed by atoms with Crippen LogP contribution in [0.2, 0.25) is 0 Å². The molecule has 4 nitrogen and oxygen atoms in total. The summed E-state index contributed by atoms with van der Waals surface area (Å²) in [6.07, 6.45) is 0. The van der Waals surface area contributed by atoms with Gasteiger partial charge >= 0.3 is 0 Å². The summed E-state index contributed by atoms with van der Waals surface area (Å²) < 4.78 is 0. The summed E-state index contributed by atoms with van der Waals surface area (Å²) in [5.74, 6) is 1.12. The molecule has 0 fully saturated rings. The fraction of sp³-hybridized carbons (Fsp3) is 0.0833. The maximum absolute atomic E-state index is 9.62. The fourth-order valence-electron chi connectivity index (χ4n) is 7.31. The Labute approximate surface area is 304 Å². The fourth-order valence-corrected chi connectivity index (χ4v) is 7.31. The van der Waals surface area contributed by atoms with Gasteiger partial charge in [0.1, 0.15) is 0 Å². The highest BCUT2D eigenvalue weighted by Gasteiger charge is 2.36. The van der Waals surface area contributed by atoms with E-state index in [4.69, 9.17) is 9.98 Å². The number of hydrogen-bond acceptors (Lipinski definition) is 2. The molecule has 8 rings (SSSR count). The summed E-state index contributed by atoms with van der Waals surface area (Å²) in [5.41, 5.74) is 12.8. The first-order valence-electron chi connectivity index (χ1n) is 17.5. The predicted molar refractivity (Wildman–Crippen MR) is 216 cm³/mol. The molecule has 0 atom stereocenters. The summed E-state index contributed by atoms with van der Waals surface area (Å²) in [7, 11) is 0. The lowest BCUT2D eigenvalue weighted by molar-refractivity contribution is 0.660. The minimum Gasteiger partial charge on any atom is -0.261 e. The van der Waals surface area contributed by atoms with Crippen LogP contribution in [0.4, 0.5) is 0 Å². The lowest BCUT2D eigenvalue weighted by Gasteiger charge is -2.22. The van der Waals surface area contributed by atoms with Crippen LogP contribution in [0.25, 0.3) is 44.2 Å². The Hall–Kier alpha value is -6.70. The van der Waals surface area contributed by atoms with Crippen molar-refractivity contribution in [2.45, 2.75) is 25.8 Å². The highest BCUT2D eigenvalue weighted by atomic mass is 15.0. The smallest absolute Gasteiger partial charge is 0.161 e. The monoisotopic (exact) mass is 668 g/mol. The molecular formula is C48H36N4. The number of nitriles is 1. The molecule has 0 spiro atoms. The van der Waals surface area contributed by atoms with Crippen LogP contribution < -0.4 is 0 Å². The van der Waals surface area contributed by atoms with Gasteiger partial charge in [0.25, 0.3) is 0 Å². The third kappa shape index (κ3) is 6.04. The number of fused-ring (bicyclic) bond motifs is 4. The summed E-state index contributed by atoms with van der Waals surface area (Å²) in [6, 6.07) is 56.9. The molecule has 1 aliphatic rings. The highest BCUT2D eigenvalue weighted by molar-refractivity contribution is 6.13. The van der Waals surface area contributed by atoms with Crippen molar-refractivity contribution in [1.82, 2.24) is 0 Å². The maximum Gasteiger partial charge on any atom is 0.161 e. The van der Waals surface area contributed by atoms with Gasteiger partial charge in [0, 0.05) is 16.5 Å². The Morgan fingerprint density at radius 3 is 1.79 bits per heavy atom. The molecule has 0 heterocycles. The van der Waals surface area contributed by atoms with E-state index in [2.05, 4.69) is 129 Å². The largest absolute Gasteiger partial charge is 0.261 e. The first-order valence-corrected chi connectivity index (χ1v) is 17.5. The lowest BCUT2D eigenvalue weighted by atomic mass is 9.80. The van der Waals surface area contributed by atoms with Crippen molar-refractivity contribution in [3.63, 3.8) is 0 Å². The zero-order valence-electron chi connectivity index (χ0n) is 29.2. The molecule has 0 N–H and O–H groups in total. The van der Waals surface area contributed by atoms with Crippen molar-refractivity contribution in [1.29, 1.82) is 5.26 Å². The number of hydrogen-bond donors (Lipinski definition) is 0. The Kier molecular flexibility index (Phi) is 8.47. The summed E-state index contributed by atoms with van der Waals surface area (Å²) in [5, 5.41) is 12.0. The van der Waals surface area contributed by atoms with E-state index < -0.39 is 0 Å². The van der Waals surface area contributed by atoms with E-state index in [9.17, 15) is 5.26 Å². The van der Waals surface area contributed by atoms with Gasteiger partial charge in [-0.3, -0.25) is 4.99 Å². The van der Waals surface area contributed by atoms with Crippen LogP contribution in [0.1, 0.15) is 47.2 Å². The SMILES string of the molecule is C=NC(=NC(=NCc1ccccc1)c1ccc(-c2cc3ccccc3cc2-c2ccc3c(c2)C(C)(C)c2cc(C#N)ccc2-3)cc1)c1ccccc1. The third-order valence-corrected chi connectivity index (χ3v) is 10.1. The first kappa shape index (κ1) is 32.5. The molecular weight excluding hydrogens is 633 g/mol. The second-order valence-electron chi connectivity index (χ2n) is 13.7. The number of amidine groups is 2. The third-order valence-electron chi connectivity index (χ3n) is 10.1. The van der Waals surface area contributed by atoms with Crippen molar-refractivity contribution in [2.75, 3.05) is 0 Å². The molecule has 0 unspecified atom stereocenters. The number of rotatable bonds is 6. The van der Waals surface area contributed by atoms with E-state index >= 15 is 0 Å². The average Bonchev–Trinajstić information content (AvgIpc) is 3.43. The van der Waals surface area contributed by atoms with Crippen LogP contribution in [0.15, 0.2) is 173 Å². The summed E-state index contributed by atoms with van der Waals surface area (Å²) in [4.78, 5) is 14.2. The van der Waals surface area contributed by atoms with Crippen LogP contribution in [0.5, 0.6) is 0 Å². The van der Waals surface area contributed by atoms with Gasteiger partial charge < -0.3 is 0 Å². The Balaban J connectivity index is 1.22. The molecule has 248 valence electrons. The quantitative estimate of drug-likeness (QED) is 0.128. The van der Waals surface area contributed by atoms with Gasteiger partial charge in [0.2, 0.25) is 0 Å². The molecule has 1 aliphatic carbocycles. The van der Waals surface area contributed by atoms with Gasteiger partial charge in [-0.05, 0) is 97.9 Å². The zero-order valence-corrected chi connectivity index (χ0v) is 29.2. The van der Waals surface area contributed by atoms with Gasteiger partial charge in [0.05, 0.1) is 18.2 Å². The minimum atomic E-state index is -0.235. The van der Waals surface area contributed by atoms with Gasteiger partial charge in [-0.2, -0.15) is 5.26 Å². The van der Waals surface area contributed by atoms with Gasteiger partial charge in [0.15, 0.2) is 11.7 Å². The molecule has 52 heavy (non-hydrogen) atoms. The number of aliphatic imine (C=N–C) groups is 3. The van der Waals surface area contributed by atoms with Crippen LogP contribution in [-0.4, -0.2) is 18.4 Å². The minimum absolute atomic E-state index is 0.235. The highest BCUT2D eigenvalue weighted by Crippen LogP contribution is 2.50. The molecule has 0 saturated carbocycles. The van der Waals surface area contributed by atoms with Gasteiger partial charge in [-0.15, -0.1) is 0 Å². The van der Waals surface area contributed by atoms with Gasteiger partial charge in [-0.1, -0.05) is 141 Å². The molecule has 0 saturated heterocycles. The summed E-state index contributed by atoms with van der Waals surface area (Å²) in [6.45, 7) is 8.83. The first-order chi connectivity index (χ1) is 25.4. The van der Waals surface area contributed by atoms with E-state index in [0.717, 1.165) is 38.9 Å². The van der Waals surface area contributed by atoms with Crippen molar-refractivity contribution >= 4 is 29.2 Å². The van der Waals surface area contributed by atoms with Gasteiger partial charge in [-0.25, -0.2) is 9.98 Å². The predicted octanol–water partition coefficient (Wildman–Crippen LogP) is 11.4. The Morgan fingerprint density at radius 1 is 0.577 bits per heavy atom. The van der Waals surface area contributed by atoms with E-state index in [0.29, 0.717) is 23.8 Å². The second kappa shape index (κ2) is 13.5. The molecule has 7 aromatic rings. The second-order valence-corrected chi connectivity index (χ2v) is 13.7. The Morgan fingerprint density at radius 2 is 1.13 bits per heavy atom. The number of nitrogens with zero attached hydrogens (tertiary/aromatic N) is 4. The maximum atomic E-state index is 9.62. The summed E-state index contributed by atoms with van der Waals surface area (Å²) >= 11 is 0. The van der Waals surface area contributed by atoms with Crippen LogP contribution in [-0.2, 0) is 12.0 Å².